The first-order chi connectivity index (χ1) is 13.0. The predicted octanol–water partition coefficient (Wildman–Crippen LogP) is 5.07. The highest BCUT2D eigenvalue weighted by Crippen LogP contribution is 2.44. The van der Waals surface area contributed by atoms with Crippen LogP contribution in [0.5, 0.6) is 5.75 Å². The molecular weight excluding hydrogens is 334 g/mol. The predicted molar refractivity (Wildman–Crippen MR) is 108 cm³/mol. The topological polar surface area (TPSA) is 38.3 Å². The third kappa shape index (κ3) is 3.42. The Labute approximate surface area is 160 Å². The standard InChI is InChI=1S/C24H25NO2/c1-24(2)14-21-23(22(26)15-24)19(16-7-5-4-6-8-16)13-20(25-21)17-9-11-18(27-3)12-10-17/h4-13,19,25H,14-15H2,1-3H3. The highest BCUT2D eigenvalue weighted by molar-refractivity contribution is 6.00. The van der Waals surface area contributed by atoms with Gasteiger partial charge in [-0.15, -0.1) is 0 Å². The Bertz CT molecular complexity index is 921. The third-order valence-electron chi connectivity index (χ3n) is 5.41. The van der Waals surface area contributed by atoms with Crippen molar-refractivity contribution in [1.29, 1.82) is 0 Å². The molecule has 0 saturated heterocycles. The van der Waals surface area contributed by atoms with Crippen molar-refractivity contribution in [3.8, 4) is 5.75 Å². The number of benzene rings is 2. The van der Waals surface area contributed by atoms with E-state index in [-0.39, 0.29) is 17.1 Å². The molecule has 0 radical (unpaired) electrons. The van der Waals surface area contributed by atoms with Crippen LogP contribution in [0.2, 0.25) is 0 Å². The monoisotopic (exact) mass is 359 g/mol. The zero-order valence-electron chi connectivity index (χ0n) is 16.1. The minimum absolute atomic E-state index is 0.0110. The second kappa shape index (κ2) is 6.73. The summed E-state index contributed by atoms with van der Waals surface area (Å²) in [6.07, 6.45) is 3.67. The van der Waals surface area contributed by atoms with E-state index >= 15 is 0 Å². The molecule has 0 fully saturated rings. The number of hydrogen-bond acceptors (Lipinski definition) is 3. The van der Waals surface area contributed by atoms with E-state index in [4.69, 9.17) is 4.74 Å². The Hall–Kier alpha value is -2.81. The highest BCUT2D eigenvalue weighted by Gasteiger charge is 2.38. The number of carbonyl (C=O) groups excluding carboxylic acids is 1. The molecule has 1 aliphatic heterocycles. The number of hydrogen-bond donors (Lipinski definition) is 1. The van der Waals surface area contributed by atoms with Gasteiger partial charge in [0.2, 0.25) is 0 Å². The van der Waals surface area contributed by atoms with Gasteiger partial charge in [0.05, 0.1) is 7.11 Å². The minimum Gasteiger partial charge on any atom is -0.497 e. The van der Waals surface area contributed by atoms with Gasteiger partial charge >= 0.3 is 0 Å². The molecule has 1 N–H and O–H groups in total. The summed E-state index contributed by atoms with van der Waals surface area (Å²) >= 11 is 0. The number of allylic oxidation sites excluding steroid dienone is 3. The molecule has 1 atom stereocenters. The van der Waals surface area contributed by atoms with Gasteiger partial charge in [0.1, 0.15) is 5.75 Å². The molecule has 27 heavy (non-hydrogen) atoms. The van der Waals surface area contributed by atoms with Crippen LogP contribution in [0.4, 0.5) is 0 Å². The van der Waals surface area contributed by atoms with Gasteiger partial charge in [-0.05, 0) is 53.3 Å². The Morgan fingerprint density at radius 3 is 2.37 bits per heavy atom. The number of methoxy groups -OCH3 is 1. The van der Waals surface area contributed by atoms with Crippen molar-refractivity contribution < 1.29 is 9.53 Å². The lowest BCUT2D eigenvalue weighted by molar-refractivity contribution is -0.118. The van der Waals surface area contributed by atoms with E-state index < -0.39 is 0 Å². The maximum Gasteiger partial charge on any atom is 0.162 e. The average Bonchev–Trinajstić information content (AvgIpc) is 2.66. The summed E-state index contributed by atoms with van der Waals surface area (Å²) in [6.45, 7) is 4.33. The van der Waals surface area contributed by atoms with Crippen LogP contribution in [0.15, 0.2) is 71.9 Å². The van der Waals surface area contributed by atoms with Crippen molar-refractivity contribution in [1.82, 2.24) is 5.32 Å². The summed E-state index contributed by atoms with van der Waals surface area (Å²) in [7, 11) is 1.67. The number of dihydropyridines is 1. The van der Waals surface area contributed by atoms with E-state index in [0.717, 1.165) is 40.3 Å². The van der Waals surface area contributed by atoms with Gasteiger partial charge in [-0.1, -0.05) is 44.2 Å². The minimum atomic E-state index is -0.0213. The Morgan fingerprint density at radius 1 is 1.00 bits per heavy atom. The summed E-state index contributed by atoms with van der Waals surface area (Å²) in [5.74, 6) is 1.08. The van der Waals surface area contributed by atoms with E-state index in [0.29, 0.717) is 6.42 Å². The fourth-order valence-corrected chi connectivity index (χ4v) is 4.12. The maximum absolute atomic E-state index is 13.0. The lowest BCUT2D eigenvalue weighted by Crippen LogP contribution is -2.35. The molecule has 3 nitrogen and oxygen atoms in total. The van der Waals surface area contributed by atoms with Crippen LogP contribution in [0.3, 0.4) is 0 Å². The van der Waals surface area contributed by atoms with E-state index in [1.807, 2.05) is 30.3 Å². The van der Waals surface area contributed by atoms with Crippen molar-refractivity contribution >= 4 is 11.5 Å². The zero-order chi connectivity index (χ0) is 19.0. The van der Waals surface area contributed by atoms with Crippen LogP contribution < -0.4 is 10.1 Å². The van der Waals surface area contributed by atoms with Gasteiger partial charge in [0.25, 0.3) is 0 Å². The fourth-order valence-electron chi connectivity index (χ4n) is 4.12. The molecule has 2 aromatic rings. The summed E-state index contributed by atoms with van der Waals surface area (Å²) in [5.41, 5.74) is 5.28. The second-order valence-electron chi connectivity index (χ2n) is 8.16. The average molecular weight is 359 g/mol. The summed E-state index contributed by atoms with van der Waals surface area (Å²) in [5, 5.41) is 3.57. The molecule has 0 aromatic heterocycles. The highest BCUT2D eigenvalue weighted by atomic mass is 16.5. The quantitative estimate of drug-likeness (QED) is 0.832. The van der Waals surface area contributed by atoms with Crippen LogP contribution in [-0.4, -0.2) is 12.9 Å². The SMILES string of the molecule is COc1ccc(C2=CC(c3ccccc3)C3=C(CC(C)(C)CC3=O)N2)cc1. The Kier molecular flexibility index (Phi) is 4.39. The molecule has 2 aliphatic rings. The molecule has 2 aromatic carbocycles. The lowest BCUT2D eigenvalue weighted by atomic mass is 9.70. The van der Waals surface area contributed by atoms with E-state index in [1.165, 1.54) is 0 Å². The summed E-state index contributed by atoms with van der Waals surface area (Å²) in [6, 6.07) is 18.4. The third-order valence-corrected chi connectivity index (χ3v) is 5.41. The van der Waals surface area contributed by atoms with Crippen LogP contribution in [0, 0.1) is 5.41 Å². The van der Waals surface area contributed by atoms with E-state index in [1.54, 1.807) is 7.11 Å². The fraction of sp³-hybridized carbons (Fsp3) is 0.292. The molecule has 0 saturated carbocycles. The molecule has 1 heterocycles. The van der Waals surface area contributed by atoms with Crippen molar-refractivity contribution in [2.75, 3.05) is 7.11 Å². The van der Waals surface area contributed by atoms with Crippen molar-refractivity contribution in [3.63, 3.8) is 0 Å². The van der Waals surface area contributed by atoms with Gasteiger partial charge in [-0.25, -0.2) is 0 Å². The first-order valence-electron chi connectivity index (χ1n) is 9.41. The molecule has 138 valence electrons. The number of rotatable bonds is 3. The number of nitrogens with one attached hydrogen (secondary N) is 1. The summed E-state index contributed by atoms with van der Waals surface area (Å²) in [4.78, 5) is 13.0. The number of carbonyl (C=O) groups is 1. The van der Waals surface area contributed by atoms with Crippen LogP contribution in [0.25, 0.3) is 5.70 Å². The smallest absolute Gasteiger partial charge is 0.162 e. The number of Topliss-reactive ketones (excluding diaryl/α,β-unsaturated/α-hetero) is 1. The van der Waals surface area contributed by atoms with Gasteiger partial charge < -0.3 is 10.1 Å². The van der Waals surface area contributed by atoms with Gasteiger partial charge in [-0.2, -0.15) is 0 Å². The van der Waals surface area contributed by atoms with E-state index in [2.05, 4.69) is 49.5 Å². The first-order valence-corrected chi connectivity index (χ1v) is 9.41. The van der Waals surface area contributed by atoms with Crippen molar-refractivity contribution in [2.45, 2.75) is 32.6 Å². The second-order valence-corrected chi connectivity index (χ2v) is 8.16. The maximum atomic E-state index is 13.0. The molecule has 1 aliphatic carbocycles. The first kappa shape index (κ1) is 17.6. The lowest BCUT2D eigenvalue weighted by Gasteiger charge is -2.38. The molecule has 4 rings (SSSR count). The molecular formula is C24H25NO2. The van der Waals surface area contributed by atoms with Gasteiger partial charge in [0, 0.05) is 29.3 Å². The normalized spacial score (nSPS) is 21.2. The van der Waals surface area contributed by atoms with Gasteiger partial charge in [0.15, 0.2) is 5.78 Å². The van der Waals surface area contributed by atoms with Crippen LogP contribution in [-0.2, 0) is 4.79 Å². The Morgan fingerprint density at radius 2 is 1.70 bits per heavy atom. The molecule has 3 heteroatoms. The largest absolute Gasteiger partial charge is 0.497 e. The number of ketones is 1. The van der Waals surface area contributed by atoms with Crippen LogP contribution in [0.1, 0.15) is 43.7 Å². The van der Waals surface area contributed by atoms with Crippen molar-refractivity contribution in [3.05, 3.63) is 83.1 Å². The number of ether oxygens (including phenoxy) is 1. The molecule has 0 amide bonds. The zero-order valence-corrected chi connectivity index (χ0v) is 16.1. The Balaban J connectivity index is 1.80. The van der Waals surface area contributed by atoms with Gasteiger partial charge in [-0.3, -0.25) is 4.79 Å². The summed E-state index contributed by atoms with van der Waals surface area (Å²) < 4.78 is 5.28. The van der Waals surface area contributed by atoms with Crippen LogP contribution >= 0.6 is 0 Å². The van der Waals surface area contributed by atoms with Crippen molar-refractivity contribution in [2.24, 2.45) is 5.41 Å². The van der Waals surface area contributed by atoms with E-state index in [9.17, 15) is 4.79 Å². The molecule has 0 spiro atoms. The molecule has 1 unspecified atom stereocenters. The molecule has 0 bridgehead atoms.